The van der Waals surface area contributed by atoms with Gasteiger partial charge in [0.25, 0.3) is 0 Å². The van der Waals surface area contributed by atoms with Crippen LogP contribution in [0.4, 0.5) is 4.79 Å². The van der Waals surface area contributed by atoms with Crippen molar-refractivity contribution in [1.82, 2.24) is 9.80 Å². The van der Waals surface area contributed by atoms with E-state index in [4.69, 9.17) is 4.74 Å². The normalized spacial score (nSPS) is 19.4. The standard InChI is InChI=1S/C21H22N2O4/c1-22-10-11-23(19(12-22)20(24)25)21(26)27-13-18-16-8-4-2-6-14(16)15-7-3-5-9-17(15)18/h2-9,18-19H,10-13H2,1H3,(H,24,25). The van der Waals surface area contributed by atoms with E-state index in [0.29, 0.717) is 19.6 Å². The number of hydrogen-bond donors (Lipinski definition) is 1. The van der Waals surface area contributed by atoms with Crippen LogP contribution in [-0.2, 0) is 9.53 Å². The van der Waals surface area contributed by atoms with Crippen molar-refractivity contribution >= 4 is 12.1 Å². The quantitative estimate of drug-likeness (QED) is 0.904. The van der Waals surface area contributed by atoms with E-state index < -0.39 is 18.1 Å². The molecule has 0 aromatic heterocycles. The smallest absolute Gasteiger partial charge is 0.410 e. The van der Waals surface area contributed by atoms with Gasteiger partial charge in [0.2, 0.25) is 0 Å². The zero-order valence-electron chi connectivity index (χ0n) is 15.2. The number of carbonyl (C=O) groups excluding carboxylic acids is 1. The molecule has 1 heterocycles. The van der Waals surface area contributed by atoms with Gasteiger partial charge >= 0.3 is 12.1 Å². The average molecular weight is 366 g/mol. The second-order valence-corrected chi connectivity index (χ2v) is 7.11. The maximum Gasteiger partial charge on any atom is 0.410 e. The Hall–Kier alpha value is -2.86. The van der Waals surface area contributed by atoms with Crippen LogP contribution in [-0.4, -0.2) is 66.3 Å². The first-order valence-corrected chi connectivity index (χ1v) is 9.09. The molecule has 6 nitrogen and oxygen atoms in total. The molecule has 6 heteroatoms. The second-order valence-electron chi connectivity index (χ2n) is 7.11. The molecule has 2 aromatic carbocycles. The Kier molecular flexibility index (Phi) is 4.58. The number of carboxylic acids is 1. The van der Waals surface area contributed by atoms with Gasteiger partial charge in [-0.25, -0.2) is 9.59 Å². The minimum Gasteiger partial charge on any atom is -0.480 e. The lowest BCUT2D eigenvalue weighted by Crippen LogP contribution is -2.57. The highest BCUT2D eigenvalue weighted by Gasteiger charge is 2.36. The summed E-state index contributed by atoms with van der Waals surface area (Å²) in [6, 6.07) is 15.4. The largest absolute Gasteiger partial charge is 0.480 e. The number of amides is 1. The molecule has 1 aliphatic carbocycles. The topological polar surface area (TPSA) is 70.1 Å². The van der Waals surface area contributed by atoms with Gasteiger partial charge in [-0.3, -0.25) is 4.90 Å². The Labute approximate surface area is 158 Å². The summed E-state index contributed by atoms with van der Waals surface area (Å²) in [4.78, 5) is 27.4. The van der Waals surface area contributed by atoms with Crippen molar-refractivity contribution in [3.63, 3.8) is 0 Å². The number of benzene rings is 2. The lowest BCUT2D eigenvalue weighted by Gasteiger charge is -2.36. The van der Waals surface area contributed by atoms with Crippen molar-refractivity contribution in [2.45, 2.75) is 12.0 Å². The van der Waals surface area contributed by atoms with Crippen molar-refractivity contribution in [3.05, 3.63) is 59.7 Å². The van der Waals surface area contributed by atoms with Crippen LogP contribution < -0.4 is 0 Å². The number of rotatable bonds is 3. The minimum absolute atomic E-state index is 0.0305. The SMILES string of the molecule is CN1CCN(C(=O)OCC2c3ccccc3-c3ccccc32)C(C(=O)O)C1. The molecule has 1 amide bonds. The first kappa shape index (κ1) is 17.5. The molecule has 1 aliphatic heterocycles. The molecule has 0 saturated carbocycles. The molecule has 1 fully saturated rings. The summed E-state index contributed by atoms with van der Waals surface area (Å²) in [5.74, 6) is -1.04. The highest BCUT2D eigenvalue weighted by Crippen LogP contribution is 2.44. The van der Waals surface area contributed by atoms with Gasteiger partial charge in [0.15, 0.2) is 0 Å². The highest BCUT2D eigenvalue weighted by atomic mass is 16.6. The van der Waals surface area contributed by atoms with Gasteiger partial charge in [0.05, 0.1) is 0 Å². The second kappa shape index (κ2) is 7.04. The van der Waals surface area contributed by atoms with E-state index in [1.165, 1.54) is 4.90 Å². The van der Waals surface area contributed by atoms with Gasteiger partial charge in [-0.2, -0.15) is 0 Å². The predicted octanol–water partition coefficient (Wildman–Crippen LogP) is 2.64. The fourth-order valence-corrected chi connectivity index (χ4v) is 4.03. The van der Waals surface area contributed by atoms with Crippen LogP contribution in [0.5, 0.6) is 0 Å². The summed E-state index contributed by atoms with van der Waals surface area (Å²) in [6.07, 6.45) is -0.558. The van der Waals surface area contributed by atoms with E-state index in [1.807, 2.05) is 36.2 Å². The monoisotopic (exact) mass is 366 g/mol. The molecule has 0 bridgehead atoms. The summed E-state index contributed by atoms with van der Waals surface area (Å²) >= 11 is 0. The van der Waals surface area contributed by atoms with Crippen molar-refractivity contribution in [1.29, 1.82) is 0 Å². The Morgan fingerprint density at radius 2 is 1.63 bits per heavy atom. The molecule has 0 spiro atoms. The van der Waals surface area contributed by atoms with E-state index in [9.17, 15) is 14.7 Å². The number of likely N-dealkylation sites (N-methyl/N-ethyl adjacent to an activating group) is 1. The number of ether oxygens (including phenoxy) is 1. The Morgan fingerprint density at radius 1 is 1.04 bits per heavy atom. The zero-order valence-corrected chi connectivity index (χ0v) is 15.2. The maximum absolute atomic E-state index is 12.6. The van der Waals surface area contributed by atoms with Crippen LogP contribution in [0.2, 0.25) is 0 Å². The number of aliphatic carboxylic acids is 1. The Morgan fingerprint density at radius 3 is 2.22 bits per heavy atom. The lowest BCUT2D eigenvalue weighted by atomic mass is 9.98. The van der Waals surface area contributed by atoms with Crippen LogP contribution >= 0.6 is 0 Å². The predicted molar refractivity (Wildman–Crippen MR) is 101 cm³/mol. The van der Waals surface area contributed by atoms with E-state index in [-0.39, 0.29) is 12.5 Å². The summed E-state index contributed by atoms with van der Waals surface area (Å²) < 4.78 is 5.60. The molecule has 1 atom stereocenters. The van der Waals surface area contributed by atoms with Crippen molar-refractivity contribution in [2.24, 2.45) is 0 Å². The molecule has 1 saturated heterocycles. The zero-order chi connectivity index (χ0) is 19.0. The van der Waals surface area contributed by atoms with Crippen molar-refractivity contribution in [2.75, 3.05) is 33.3 Å². The fourth-order valence-electron chi connectivity index (χ4n) is 4.03. The fraction of sp³-hybridized carbons (Fsp3) is 0.333. The van der Waals surface area contributed by atoms with Gasteiger partial charge in [-0.1, -0.05) is 48.5 Å². The van der Waals surface area contributed by atoms with E-state index >= 15 is 0 Å². The number of nitrogens with zero attached hydrogens (tertiary/aromatic N) is 2. The number of carbonyl (C=O) groups is 2. The molecule has 0 radical (unpaired) electrons. The highest BCUT2D eigenvalue weighted by molar-refractivity contribution is 5.81. The van der Waals surface area contributed by atoms with E-state index in [1.54, 1.807) is 0 Å². The van der Waals surface area contributed by atoms with E-state index in [0.717, 1.165) is 22.3 Å². The molecular weight excluding hydrogens is 344 g/mol. The van der Waals surface area contributed by atoms with Crippen LogP contribution in [0.15, 0.2) is 48.5 Å². The third-order valence-electron chi connectivity index (χ3n) is 5.44. The van der Waals surface area contributed by atoms with E-state index in [2.05, 4.69) is 24.3 Å². The maximum atomic E-state index is 12.6. The number of carboxylic acid groups (broad SMARTS) is 1. The Balaban J connectivity index is 1.52. The van der Waals surface area contributed by atoms with Crippen LogP contribution in [0, 0.1) is 0 Å². The van der Waals surface area contributed by atoms with Gasteiger partial charge < -0.3 is 14.7 Å². The third kappa shape index (κ3) is 3.17. The van der Waals surface area contributed by atoms with Crippen molar-refractivity contribution in [3.8, 4) is 11.1 Å². The molecule has 2 aromatic rings. The molecule has 2 aliphatic rings. The first-order valence-electron chi connectivity index (χ1n) is 9.09. The Bertz CT molecular complexity index is 836. The minimum atomic E-state index is -1.00. The van der Waals surface area contributed by atoms with Crippen LogP contribution in [0.25, 0.3) is 11.1 Å². The van der Waals surface area contributed by atoms with Crippen molar-refractivity contribution < 1.29 is 19.4 Å². The molecule has 4 rings (SSSR count). The van der Waals surface area contributed by atoms with Gasteiger partial charge in [0.1, 0.15) is 12.6 Å². The molecular formula is C21H22N2O4. The molecule has 27 heavy (non-hydrogen) atoms. The third-order valence-corrected chi connectivity index (χ3v) is 5.44. The number of hydrogen-bond acceptors (Lipinski definition) is 4. The summed E-state index contributed by atoms with van der Waals surface area (Å²) in [6.45, 7) is 1.49. The average Bonchev–Trinajstić information content (AvgIpc) is 3.00. The van der Waals surface area contributed by atoms with Crippen LogP contribution in [0.3, 0.4) is 0 Å². The lowest BCUT2D eigenvalue weighted by molar-refractivity contribution is -0.144. The van der Waals surface area contributed by atoms with Gasteiger partial charge in [0, 0.05) is 25.6 Å². The van der Waals surface area contributed by atoms with Crippen LogP contribution in [0.1, 0.15) is 17.0 Å². The van der Waals surface area contributed by atoms with Gasteiger partial charge in [-0.15, -0.1) is 0 Å². The van der Waals surface area contributed by atoms with Gasteiger partial charge in [-0.05, 0) is 29.3 Å². The summed E-state index contributed by atoms with van der Waals surface area (Å²) in [5, 5.41) is 9.44. The number of fused-ring (bicyclic) bond motifs is 3. The summed E-state index contributed by atoms with van der Waals surface area (Å²) in [5.41, 5.74) is 4.61. The number of piperazine rings is 1. The summed E-state index contributed by atoms with van der Waals surface area (Å²) in [7, 11) is 1.85. The molecule has 140 valence electrons. The molecule has 1 N–H and O–H groups in total. The first-order chi connectivity index (χ1) is 13.1. The molecule has 1 unspecified atom stereocenters.